The topological polar surface area (TPSA) is 80.3 Å². The lowest BCUT2D eigenvalue weighted by Gasteiger charge is -2.16. The van der Waals surface area contributed by atoms with Gasteiger partial charge in [0.1, 0.15) is 17.9 Å². The SMILES string of the molecule is CC(=O)N[C@@H](C)C(=O)NCC1Cc2cc(C)cc(-c3ccc4nc(C)ccc4c3)c2O1. The van der Waals surface area contributed by atoms with Gasteiger partial charge in [-0.15, -0.1) is 0 Å². The van der Waals surface area contributed by atoms with E-state index in [0.717, 1.165) is 45.5 Å². The normalized spacial score (nSPS) is 15.8. The van der Waals surface area contributed by atoms with E-state index in [1.165, 1.54) is 12.5 Å². The summed E-state index contributed by atoms with van der Waals surface area (Å²) in [5.41, 5.74) is 6.43. The van der Waals surface area contributed by atoms with Crippen LogP contribution in [0.25, 0.3) is 22.0 Å². The number of ether oxygens (including phenoxy) is 1. The van der Waals surface area contributed by atoms with E-state index >= 15 is 0 Å². The van der Waals surface area contributed by atoms with E-state index in [0.29, 0.717) is 6.54 Å². The van der Waals surface area contributed by atoms with Gasteiger partial charge in [0.25, 0.3) is 0 Å². The molecular weight excluding hydrogens is 390 g/mol. The molecule has 0 saturated heterocycles. The highest BCUT2D eigenvalue weighted by Gasteiger charge is 2.27. The van der Waals surface area contributed by atoms with E-state index in [-0.39, 0.29) is 17.9 Å². The minimum absolute atomic E-state index is 0.145. The Bertz CT molecular complexity index is 1170. The Hall–Kier alpha value is -3.41. The van der Waals surface area contributed by atoms with Crippen LogP contribution in [-0.2, 0) is 16.0 Å². The number of carbonyl (C=O) groups excluding carboxylic acids is 2. The van der Waals surface area contributed by atoms with Crippen LogP contribution in [0.1, 0.15) is 30.7 Å². The van der Waals surface area contributed by atoms with Crippen molar-refractivity contribution in [3.63, 3.8) is 0 Å². The molecule has 6 nitrogen and oxygen atoms in total. The first-order valence-electron chi connectivity index (χ1n) is 10.5. The maximum absolute atomic E-state index is 12.2. The van der Waals surface area contributed by atoms with Gasteiger partial charge >= 0.3 is 0 Å². The first-order valence-corrected chi connectivity index (χ1v) is 10.5. The van der Waals surface area contributed by atoms with Crippen molar-refractivity contribution < 1.29 is 14.3 Å². The van der Waals surface area contributed by atoms with E-state index in [2.05, 4.69) is 52.9 Å². The largest absolute Gasteiger partial charge is 0.487 e. The highest BCUT2D eigenvalue weighted by Crippen LogP contribution is 2.40. The van der Waals surface area contributed by atoms with Crippen LogP contribution in [0.3, 0.4) is 0 Å². The Morgan fingerprint density at radius 3 is 2.74 bits per heavy atom. The molecule has 1 aromatic heterocycles. The highest BCUT2D eigenvalue weighted by molar-refractivity contribution is 5.87. The Labute approximate surface area is 182 Å². The summed E-state index contributed by atoms with van der Waals surface area (Å²) < 4.78 is 6.27. The number of fused-ring (bicyclic) bond motifs is 2. The van der Waals surface area contributed by atoms with Crippen molar-refractivity contribution in [2.24, 2.45) is 0 Å². The summed E-state index contributed by atoms with van der Waals surface area (Å²) >= 11 is 0. The zero-order valence-corrected chi connectivity index (χ0v) is 18.3. The summed E-state index contributed by atoms with van der Waals surface area (Å²) in [7, 11) is 0. The lowest BCUT2D eigenvalue weighted by molar-refractivity contribution is -0.127. The number of nitrogens with zero attached hydrogens (tertiary/aromatic N) is 1. The Morgan fingerprint density at radius 1 is 1.16 bits per heavy atom. The molecule has 1 aliphatic heterocycles. The molecule has 0 radical (unpaired) electrons. The fourth-order valence-corrected chi connectivity index (χ4v) is 4.05. The van der Waals surface area contributed by atoms with E-state index in [1.54, 1.807) is 6.92 Å². The molecule has 0 fully saturated rings. The van der Waals surface area contributed by atoms with Gasteiger partial charge in [-0.1, -0.05) is 18.2 Å². The van der Waals surface area contributed by atoms with Crippen molar-refractivity contribution in [2.75, 3.05) is 6.54 Å². The second-order valence-electron chi connectivity index (χ2n) is 8.27. The second-order valence-corrected chi connectivity index (χ2v) is 8.27. The fourth-order valence-electron chi connectivity index (χ4n) is 4.05. The number of aromatic nitrogens is 1. The molecule has 2 atom stereocenters. The van der Waals surface area contributed by atoms with E-state index in [4.69, 9.17) is 4.74 Å². The Kier molecular flexibility index (Phi) is 5.63. The van der Waals surface area contributed by atoms with Crippen LogP contribution >= 0.6 is 0 Å². The molecule has 2 amide bonds. The summed E-state index contributed by atoms with van der Waals surface area (Å²) in [4.78, 5) is 28.0. The third-order valence-electron chi connectivity index (χ3n) is 5.50. The summed E-state index contributed by atoms with van der Waals surface area (Å²) in [6, 6.07) is 14.1. The molecule has 2 aromatic carbocycles. The maximum atomic E-state index is 12.2. The molecule has 2 heterocycles. The molecule has 6 heteroatoms. The van der Waals surface area contributed by atoms with Crippen LogP contribution in [0.4, 0.5) is 0 Å². The van der Waals surface area contributed by atoms with Crippen LogP contribution < -0.4 is 15.4 Å². The molecule has 0 saturated carbocycles. The van der Waals surface area contributed by atoms with Crippen molar-refractivity contribution >= 4 is 22.7 Å². The number of carbonyl (C=O) groups is 2. The highest BCUT2D eigenvalue weighted by atomic mass is 16.5. The molecule has 1 aliphatic rings. The minimum Gasteiger partial charge on any atom is -0.487 e. The summed E-state index contributed by atoms with van der Waals surface area (Å²) in [5.74, 6) is 0.427. The van der Waals surface area contributed by atoms with Gasteiger partial charge in [-0.25, -0.2) is 0 Å². The molecule has 3 aromatic rings. The lowest BCUT2D eigenvalue weighted by atomic mass is 9.96. The molecule has 31 heavy (non-hydrogen) atoms. The number of pyridine rings is 1. The third-order valence-corrected chi connectivity index (χ3v) is 5.50. The molecule has 0 spiro atoms. The number of hydrogen-bond donors (Lipinski definition) is 2. The summed E-state index contributed by atoms with van der Waals surface area (Å²) in [6.45, 7) is 7.52. The number of amides is 2. The Balaban J connectivity index is 1.54. The average Bonchev–Trinajstić information content (AvgIpc) is 3.13. The molecule has 0 aliphatic carbocycles. The van der Waals surface area contributed by atoms with Gasteiger partial charge in [0.05, 0.1) is 12.1 Å². The standard InChI is InChI=1S/C25H27N3O3/c1-14-9-20-12-21(13-26-25(30)16(3)28-17(4)29)31-24(20)22(10-14)18-7-8-23-19(11-18)6-5-15(2)27-23/h5-11,16,21H,12-13H2,1-4H3,(H,26,30)(H,28,29)/t16-,21?/m0/s1. The quantitative estimate of drug-likeness (QED) is 0.666. The maximum Gasteiger partial charge on any atom is 0.242 e. The van der Waals surface area contributed by atoms with Gasteiger partial charge in [0, 0.05) is 30.0 Å². The van der Waals surface area contributed by atoms with Crippen molar-refractivity contribution in [3.05, 3.63) is 59.3 Å². The number of hydrogen-bond acceptors (Lipinski definition) is 4. The summed E-state index contributed by atoms with van der Waals surface area (Å²) in [6.07, 6.45) is 0.585. The molecule has 2 N–H and O–H groups in total. The van der Waals surface area contributed by atoms with Gasteiger partial charge in [-0.2, -0.15) is 0 Å². The molecule has 160 valence electrons. The predicted molar refractivity (Wildman–Crippen MR) is 121 cm³/mol. The van der Waals surface area contributed by atoms with E-state index in [9.17, 15) is 9.59 Å². The lowest BCUT2D eigenvalue weighted by Crippen LogP contribution is -2.46. The predicted octanol–water partition coefficient (Wildman–Crippen LogP) is 3.46. The van der Waals surface area contributed by atoms with Crippen molar-refractivity contribution in [3.8, 4) is 16.9 Å². The fraction of sp³-hybridized carbons (Fsp3) is 0.320. The monoisotopic (exact) mass is 417 g/mol. The van der Waals surface area contributed by atoms with Crippen molar-refractivity contribution in [1.82, 2.24) is 15.6 Å². The van der Waals surface area contributed by atoms with Gasteiger partial charge in [0.15, 0.2) is 0 Å². The zero-order valence-electron chi connectivity index (χ0n) is 18.3. The second kappa shape index (κ2) is 8.38. The number of rotatable bonds is 5. The van der Waals surface area contributed by atoms with Crippen molar-refractivity contribution in [1.29, 1.82) is 0 Å². The molecule has 4 rings (SSSR count). The third kappa shape index (κ3) is 4.53. The first-order chi connectivity index (χ1) is 14.8. The van der Waals surface area contributed by atoms with Gasteiger partial charge in [-0.3, -0.25) is 14.6 Å². The van der Waals surface area contributed by atoms with Crippen LogP contribution in [0.2, 0.25) is 0 Å². The van der Waals surface area contributed by atoms with Crippen molar-refractivity contribution in [2.45, 2.75) is 46.3 Å². The number of nitrogens with one attached hydrogen (secondary N) is 2. The van der Waals surface area contributed by atoms with Crippen LogP contribution in [-0.4, -0.2) is 35.5 Å². The van der Waals surface area contributed by atoms with Crippen LogP contribution in [0.5, 0.6) is 5.75 Å². The van der Waals surface area contributed by atoms with Gasteiger partial charge < -0.3 is 15.4 Å². The van der Waals surface area contributed by atoms with E-state index < -0.39 is 6.04 Å². The smallest absolute Gasteiger partial charge is 0.242 e. The minimum atomic E-state index is -0.575. The molecular formula is C25H27N3O3. The van der Waals surface area contributed by atoms with Gasteiger partial charge in [0.2, 0.25) is 11.8 Å². The first kappa shape index (κ1) is 20.8. The molecule has 1 unspecified atom stereocenters. The molecule has 0 bridgehead atoms. The van der Waals surface area contributed by atoms with Crippen LogP contribution in [0.15, 0.2) is 42.5 Å². The summed E-state index contributed by atoms with van der Waals surface area (Å²) in [5, 5.41) is 6.57. The average molecular weight is 418 g/mol. The zero-order chi connectivity index (χ0) is 22.1. The number of aryl methyl sites for hydroxylation is 2. The van der Waals surface area contributed by atoms with Crippen LogP contribution in [0, 0.1) is 13.8 Å². The number of benzene rings is 2. The Morgan fingerprint density at radius 2 is 1.97 bits per heavy atom. The van der Waals surface area contributed by atoms with Gasteiger partial charge in [-0.05, 0) is 61.7 Å². The van der Waals surface area contributed by atoms with E-state index in [1.807, 2.05) is 19.1 Å².